The smallest absolute Gasteiger partial charge is 0.111 e. The summed E-state index contributed by atoms with van der Waals surface area (Å²) in [5.41, 5.74) is 0.249. The highest BCUT2D eigenvalue weighted by Crippen LogP contribution is 2.29. The first-order chi connectivity index (χ1) is 6.48. The number of halogens is 1. The second-order valence-electron chi connectivity index (χ2n) is 3.31. The minimum absolute atomic E-state index is 0.569. The lowest BCUT2D eigenvalue weighted by Crippen LogP contribution is -2.22. The molecule has 0 spiro atoms. The van der Waals surface area contributed by atoms with E-state index in [0.29, 0.717) is 10.6 Å². The first-order valence-corrected chi connectivity index (χ1v) is 4.66. The van der Waals surface area contributed by atoms with Gasteiger partial charge in [-0.1, -0.05) is 43.0 Å². The van der Waals surface area contributed by atoms with Gasteiger partial charge in [0, 0.05) is 5.02 Å². The van der Waals surface area contributed by atoms with Crippen molar-refractivity contribution in [2.75, 3.05) is 0 Å². The fraction of sp³-hybridized carbons (Fsp3) is 0.167. The van der Waals surface area contributed by atoms with Crippen molar-refractivity contribution in [3.05, 3.63) is 59.7 Å². The lowest BCUT2D eigenvalue weighted by atomic mass is 9.89. The highest BCUT2D eigenvalue weighted by molar-refractivity contribution is 6.30. The maximum atomic E-state index is 10.1. The average Bonchev–Trinajstić information content (AvgIpc) is 2.17. The van der Waals surface area contributed by atoms with Gasteiger partial charge in [-0.2, -0.15) is 0 Å². The summed E-state index contributed by atoms with van der Waals surface area (Å²) in [4.78, 5) is 0. The van der Waals surface area contributed by atoms with Gasteiger partial charge in [0.1, 0.15) is 5.60 Å². The third kappa shape index (κ3) is 2.06. The number of benzene rings is 1. The summed E-state index contributed by atoms with van der Waals surface area (Å²) in [6.45, 7) is 9.01. The molecule has 0 saturated carbocycles. The van der Waals surface area contributed by atoms with Gasteiger partial charge in [-0.15, -0.1) is 0 Å². The summed E-state index contributed by atoms with van der Waals surface area (Å²) < 4.78 is 0. The Morgan fingerprint density at radius 1 is 1.43 bits per heavy atom. The van der Waals surface area contributed by atoms with Gasteiger partial charge in [0.05, 0.1) is 0 Å². The Labute approximate surface area is 89.3 Å². The van der Waals surface area contributed by atoms with Crippen molar-refractivity contribution >= 4 is 11.6 Å². The third-order valence-electron chi connectivity index (χ3n) is 2.28. The molecule has 74 valence electrons. The number of hydrogen-bond donors (Lipinski definition) is 1. The molecule has 1 nitrogen and oxygen atoms in total. The zero-order chi connectivity index (χ0) is 10.8. The topological polar surface area (TPSA) is 20.2 Å². The second kappa shape index (κ2) is 3.99. The Morgan fingerprint density at radius 3 is 2.36 bits per heavy atom. The standard InChI is InChI=1S/C12H13ClO/c1-4-9(2)12(3,14)10-5-7-11(13)8-6-10/h4-8,14H,1-2H2,3H3/t12-/m0/s1. The third-order valence-corrected chi connectivity index (χ3v) is 2.53. The van der Waals surface area contributed by atoms with Crippen LogP contribution in [0.1, 0.15) is 12.5 Å². The van der Waals surface area contributed by atoms with E-state index >= 15 is 0 Å². The van der Waals surface area contributed by atoms with Crippen LogP contribution in [0.25, 0.3) is 0 Å². The summed E-state index contributed by atoms with van der Waals surface area (Å²) in [6.07, 6.45) is 1.55. The molecule has 0 heterocycles. The maximum absolute atomic E-state index is 10.1. The van der Waals surface area contributed by atoms with Crippen LogP contribution in [0.2, 0.25) is 5.02 Å². The van der Waals surface area contributed by atoms with E-state index in [4.69, 9.17) is 11.6 Å². The van der Waals surface area contributed by atoms with Gasteiger partial charge in [-0.25, -0.2) is 0 Å². The molecule has 1 N–H and O–H groups in total. The van der Waals surface area contributed by atoms with Crippen molar-refractivity contribution in [2.24, 2.45) is 0 Å². The van der Waals surface area contributed by atoms with Gasteiger partial charge in [-0.05, 0) is 30.2 Å². The van der Waals surface area contributed by atoms with E-state index in [2.05, 4.69) is 13.2 Å². The molecule has 0 unspecified atom stereocenters. The van der Waals surface area contributed by atoms with Crippen LogP contribution in [0.5, 0.6) is 0 Å². The minimum Gasteiger partial charge on any atom is -0.381 e. The molecule has 0 fully saturated rings. The fourth-order valence-electron chi connectivity index (χ4n) is 1.16. The van der Waals surface area contributed by atoms with Gasteiger partial charge in [-0.3, -0.25) is 0 Å². The minimum atomic E-state index is -1.08. The molecule has 1 atom stereocenters. The average molecular weight is 209 g/mol. The monoisotopic (exact) mass is 208 g/mol. The van der Waals surface area contributed by atoms with Crippen LogP contribution in [0.3, 0.4) is 0 Å². The van der Waals surface area contributed by atoms with Crippen molar-refractivity contribution in [1.29, 1.82) is 0 Å². The van der Waals surface area contributed by atoms with Crippen LogP contribution in [0, 0.1) is 0 Å². The van der Waals surface area contributed by atoms with Crippen LogP contribution in [-0.2, 0) is 5.60 Å². The molecular formula is C12H13ClO. The van der Waals surface area contributed by atoms with E-state index < -0.39 is 5.60 Å². The van der Waals surface area contributed by atoms with Gasteiger partial charge < -0.3 is 5.11 Å². The van der Waals surface area contributed by atoms with Gasteiger partial charge in [0.15, 0.2) is 0 Å². The Morgan fingerprint density at radius 2 is 1.93 bits per heavy atom. The summed E-state index contributed by atoms with van der Waals surface area (Å²) in [5, 5.41) is 10.8. The lowest BCUT2D eigenvalue weighted by Gasteiger charge is -2.24. The molecule has 1 aromatic rings. The molecular weight excluding hydrogens is 196 g/mol. The SMILES string of the molecule is C=CC(=C)[C@](C)(O)c1ccc(Cl)cc1. The molecule has 0 aliphatic heterocycles. The van der Waals surface area contributed by atoms with E-state index in [1.54, 1.807) is 37.3 Å². The molecule has 0 amide bonds. The van der Waals surface area contributed by atoms with E-state index in [1.165, 1.54) is 0 Å². The van der Waals surface area contributed by atoms with Crippen molar-refractivity contribution in [3.63, 3.8) is 0 Å². The van der Waals surface area contributed by atoms with E-state index in [9.17, 15) is 5.11 Å². The Kier molecular flexibility index (Phi) is 3.14. The zero-order valence-electron chi connectivity index (χ0n) is 8.13. The maximum Gasteiger partial charge on any atom is 0.111 e. The predicted octanol–water partition coefficient (Wildman–Crippen LogP) is 3.29. The summed E-state index contributed by atoms with van der Waals surface area (Å²) in [7, 11) is 0. The summed E-state index contributed by atoms with van der Waals surface area (Å²) in [6, 6.07) is 7.03. The van der Waals surface area contributed by atoms with Crippen LogP contribution >= 0.6 is 11.6 Å². The predicted molar refractivity (Wildman–Crippen MR) is 60.4 cm³/mol. The van der Waals surface area contributed by atoms with Crippen LogP contribution in [0.4, 0.5) is 0 Å². The van der Waals surface area contributed by atoms with Crippen molar-refractivity contribution in [2.45, 2.75) is 12.5 Å². The highest BCUT2D eigenvalue weighted by Gasteiger charge is 2.24. The van der Waals surface area contributed by atoms with Gasteiger partial charge in [0.2, 0.25) is 0 Å². The van der Waals surface area contributed by atoms with Crippen molar-refractivity contribution in [1.82, 2.24) is 0 Å². The Bertz CT molecular complexity index is 349. The molecule has 0 bridgehead atoms. The lowest BCUT2D eigenvalue weighted by molar-refractivity contribution is 0.102. The summed E-state index contributed by atoms with van der Waals surface area (Å²) in [5.74, 6) is 0. The zero-order valence-corrected chi connectivity index (χ0v) is 8.88. The summed E-state index contributed by atoms with van der Waals surface area (Å²) >= 11 is 5.75. The normalized spacial score (nSPS) is 14.5. The molecule has 0 aliphatic carbocycles. The molecule has 2 heteroatoms. The highest BCUT2D eigenvalue weighted by atomic mass is 35.5. The fourth-order valence-corrected chi connectivity index (χ4v) is 1.28. The Balaban J connectivity index is 3.09. The molecule has 1 rings (SSSR count). The number of hydrogen-bond acceptors (Lipinski definition) is 1. The molecule has 14 heavy (non-hydrogen) atoms. The molecule has 1 aromatic carbocycles. The molecule has 0 aromatic heterocycles. The Hall–Kier alpha value is -1.05. The van der Waals surface area contributed by atoms with E-state index in [1.807, 2.05) is 0 Å². The van der Waals surface area contributed by atoms with Crippen LogP contribution in [-0.4, -0.2) is 5.11 Å². The van der Waals surface area contributed by atoms with Crippen molar-refractivity contribution in [3.8, 4) is 0 Å². The van der Waals surface area contributed by atoms with Crippen molar-refractivity contribution < 1.29 is 5.11 Å². The molecule has 0 radical (unpaired) electrons. The van der Waals surface area contributed by atoms with Crippen LogP contribution < -0.4 is 0 Å². The quantitative estimate of drug-likeness (QED) is 0.756. The van der Waals surface area contributed by atoms with Crippen LogP contribution in [0.15, 0.2) is 49.1 Å². The first kappa shape index (κ1) is 11.0. The molecule has 0 aliphatic rings. The van der Waals surface area contributed by atoms with E-state index in [0.717, 1.165) is 5.56 Å². The number of rotatable bonds is 3. The number of aliphatic hydroxyl groups is 1. The second-order valence-corrected chi connectivity index (χ2v) is 3.74. The molecule has 0 saturated heterocycles. The van der Waals surface area contributed by atoms with Gasteiger partial charge in [0.25, 0.3) is 0 Å². The van der Waals surface area contributed by atoms with E-state index in [-0.39, 0.29) is 0 Å². The van der Waals surface area contributed by atoms with Gasteiger partial charge >= 0.3 is 0 Å². The largest absolute Gasteiger partial charge is 0.381 e. The first-order valence-electron chi connectivity index (χ1n) is 4.28.